The van der Waals surface area contributed by atoms with Crippen molar-refractivity contribution in [3.8, 4) is 5.75 Å². The van der Waals surface area contributed by atoms with Crippen LogP contribution in [0, 0.1) is 13.8 Å². The minimum atomic E-state index is 0.375. The normalized spacial score (nSPS) is 11.3. The fraction of sp³-hybridized carbons (Fsp3) is 0.235. The monoisotopic (exact) mass is 342 g/mol. The van der Waals surface area contributed by atoms with Gasteiger partial charge in [-0.2, -0.15) is 9.78 Å². The number of benzene rings is 1. The topological polar surface area (TPSA) is 65.4 Å². The number of rotatable bonds is 6. The number of hydrogen-bond donors (Lipinski definition) is 0. The van der Waals surface area contributed by atoms with Gasteiger partial charge in [-0.3, -0.25) is 0 Å². The van der Waals surface area contributed by atoms with Crippen molar-refractivity contribution >= 4 is 18.0 Å². The van der Waals surface area contributed by atoms with Gasteiger partial charge in [0, 0.05) is 0 Å². The van der Waals surface area contributed by atoms with Crippen LogP contribution in [0.1, 0.15) is 22.9 Å². The molecule has 0 saturated carbocycles. The first-order valence-electron chi connectivity index (χ1n) is 7.45. The molecule has 0 radical (unpaired) electrons. The molecule has 6 nitrogen and oxygen atoms in total. The molecule has 0 aliphatic rings. The predicted octanol–water partition coefficient (Wildman–Crippen LogP) is 3.67. The first-order valence-corrected chi connectivity index (χ1v) is 8.67. The molecule has 0 amide bonds. The second-order valence-corrected chi connectivity index (χ2v) is 5.92. The average Bonchev–Trinajstić information content (AvgIpc) is 3.18. The van der Waals surface area contributed by atoms with Crippen LogP contribution in [0.3, 0.4) is 0 Å². The number of nitrogens with zero attached hydrogens (tertiary/aromatic N) is 4. The van der Waals surface area contributed by atoms with Crippen LogP contribution in [0.2, 0.25) is 0 Å². The van der Waals surface area contributed by atoms with Crippen molar-refractivity contribution in [2.75, 3.05) is 6.26 Å². The number of aryl methyl sites for hydroxylation is 2. The Morgan fingerprint density at radius 2 is 2.04 bits per heavy atom. The largest absolute Gasteiger partial charge is 0.485 e. The van der Waals surface area contributed by atoms with E-state index < -0.39 is 0 Å². The molecular weight excluding hydrogens is 324 g/mol. The molecule has 0 aliphatic carbocycles. The van der Waals surface area contributed by atoms with Crippen LogP contribution in [0.25, 0.3) is 0 Å². The number of aromatic nitrogens is 3. The molecule has 0 bridgehead atoms. The van der Waals surface area contributed by atoms with Gasteiger partial charge in [0.05, 0.1) is 6.21 Å². The van der Waals surface area contributed by atoms with E-state index in [1.165, 1.54) is 11.8 Å². The third-order valence-corrected chi connectivity index (χ3v) is 4.02. The minimum absolute atomic E-state index is 0.375. The molecule has 3 rings (SSSR count). The molecule has 2 aromatic heterocycles. The first-order chi connectivity index (χ1) is 11.7. The van der Waals surface area contributed by atoms with Crippen LogP contribution in [0.5, 0.6) is 5.75 Å². The summed E-state index contributed by atoms with van der Waals surface area (Å²) in [6.45, 7) is 4.24. The predicted molar refractivity (Wildman–Crippen MR) is 93.8 cm³/mol. The number of ether oxygens (including phenoxy) is 1. The lowest BCUT2D eigenvalue weighted by atomic mass is 10.2. The lowest BCUT2D eigenvalue weighted by molar-refractivity contribution is 0.268. The van der Waals surface area contributed by atoms with Crippen molar-refractivity contribution in [2.24, 2.45) is 5.10 Å². The summed E-state index contributed by atoms with van der Waals surface area (Å²) in [5, 5.41) is 13.1. The number of thioether (sulfide) groups is 1. The molecule has 0 spiro atoms. The van der Waals surface area contributed by atoms with Gasteiger partial charge in [0.25, 0.3) is 0 Å². The maximum absolute atomic E-state index is 5.78. The second kappa shape index (κ2) is 7.35. The summed E-state index contributed by atoms with van der Waals surface area (Å²) >= 11 is 1.49. The lowest BCUT2D eigenvalue weighted by Crippen LogP contribution is -1.96. The Balaban J connectivity index is 1.66. The van der Waals surface area contributed by atoms with Gasteiger partial charge >= 0.3 is 0 Å². The number of hydrogen-bond acceptors (Lipinski definition) is 6. The SMILES string of the molecule is CSc1nnc(C)n1/N=C/c1ccc(COc2ccccc2C)o1. The van der Waals surface area contributed by atoms with Crippen molar-refractivity contribution < 1.29 is 9.15 Å². The molecule has 1 aromatic carbocycles. The van der Waals surface area contributed by atoms with Gasteiger partial charge in [-0.05, 0) is 43.9 Å². The van der Waals surface area contributed by atoms with E-state index in [1.54, 1.807) is 10.9 Å². The number of para-hydroxylation sites is 1. The summed E-state index contributed by atoms with van der Waals surface area (Å²) in [4.78, 5) is 0. The van der Waals surface area contributed by atoms with Gasteiger partial charge < -0.3 is 9.15 Å². The Hall–Kier alpha value is -2.54. The lowest BCUT2D eigenvalue weighted by Gasteiger charge is -2.06. The molecule has 0 saturated heterocycles. The molecule has 2 heterocycles. The summed E-state index contributed by atoms with van der Waals surface area (Å²) in [5.41, 5.74) is 1.10. The van der Waals surface area contributed by atoms with Gasteiger partial charge in [0.2, 0.25) is 5.16 Å². The third kappa shape index (κ3) is 3.68. The van der Waals surface area contributed by atoms with Crippen molar-refractivity contribution in [1.29, 1.82) is 0 Å². The van der Waals surface area contributed by atoms with Crippen molar-refractivity contribution in [2.45, 2.75) is 25.6 Å². The highest BCUT2D eigenvalue weighted by molar-refractivity contribution is 7.98. The van der Waals surface area contributed by atoms with Crippen LogP contribution < -0.4 is 4.74 Å². The summed E-state index contributed by atoms with van der Waals surface area (Å²) in [6, 6.07) is 11.6. The zero-order valence-corrected chi connectivity index (χ0v) is 14.6. The molecule has 124 valence electrons. The Labute approximate surface area is 144 Å². The second-order valence-electron chi connectivity index (χ2n) is 5.15. The Kier molecular flexibility index (Phi) is 5.00. The summed E-state index contributed by atoms with van der Waals surface area (Å²) < 4.78 is 13.2. The standard InChI is InChI=1S/C17H18N4O2S/c1-12-6-4-5-7-16(12)22-11-15-9-8-14(23-15)10-18-21-13(2)19-20-17(21)24-3/h4-10H,11H2,1-3H3/b18-10+. The van der Waals surface area contributed by atoms with E-state index in [9.17, 15) is 0 Å². The summed E-state index contributed by atoms with van der Waals surface area (Å²) in [5.74, 6) is 2.97. The molecule has 0 N–H and O–H groups in total. The van der Waals surface area contributed by atoms with E-state index in [2.05, 4.69) is 15.3 Å². The fourth-order valence-corrected chi connectivity index (χ4v) is 2.60. The molecule has 24 heavy (non-hydrogen) atoms. The highest BCUT2D eigenvalue weighted by Crippen LogP contribution is 2.18. The van der Waals surface area contributed by atoms with Gasteiger partial charge in [-0.25, -0.2) is 0 Å². The van der Waals surface area contributed by atoms with Crippen molar-refractivity contribution in [3.63, 3.8) is 0 Å². The first kappa shape index (κ1) is 16.3. The smallest absolute Gasteiger partial charge is 0.211 e. The van der Waals surface area contributed by atoms with Crippen LogP contribution in [-0.2, 0) is 6.61 Å². The number of furan rings is 1. The average molecular weight is 342 g/mol. The minimum Gasteiger partial charge on any atom is -0.485 e. The molecule has 3 aromatic rings. The van der Waals surface area contributed by atoms with Crippen LogP contribution in [0.4, 0.5) is 0 Å². The summed E-state index contributed by atoms with van der Waals surface area (Å²) in [7, 11) is 0. The van der Waals surface area contributed by atoms with E-state index in [1.807, 2.05) is 56.5 Å². The Morgan fingerprint density at radius 1 is 1.21 bits per heavy atom. The van der Waals surface area contributed by atoms with E-state index in [0.717, 1.165) is 28.1 Å². The Bertz CT molecular complexity index is 854. The van der Waals surface area contributed by atoms with Gasteiger partial charge in [0.15, 0.2) is 5.82 Å². The molecule has 0 aliphatic heterocycles. The summed E-state index contributed by atoms with van der Waals surface area (Å²) in [6.07, 6.45) is 3.58. The molecule has 0 unspecified atom stereocenters. The van der Waals surface area contributed by atoms with E-state index >= 15 is 0 Å². The highest BCUT2D eigenvalue weighted by atomic mass is 32.2. The fourth-order valence-electron chi connectivity index (χ4n) is 2.12. The highest BCUT2D eigenvalue weighted by Gasteiger charge is 2.07. The van der Waals surface area contributed by atoms with Crippen molar-refractivity contribution in [1.82, 2.24) is 14.9 Å². The van der Waals surface area contributed by atoms with Gasteiger partial charge in [-0.15, -0.1) is 10.2 Å². The van der Waals surface area contributed by atoms with Crippen LogP contribution in [-0.4, -0.2) is 27.3 Å². The molecular formula is C17H18N4O2S. The van der Waals surface area contributed by atoms with E-state index in [-0.39, 0.29) is 0 Å². The van der Waals surface area contributed by atoms with Gasteiger partial charge in [-0.1, -0.05) is 30.0 Å². The molecule has 0 atom stereocenters. The van der Waals surface area contributed by atoms with Crippen molar-refractivity contribution in [3.05, 3.63) is 59.3 Å². The zero-order chi connectivity index (χ0) is 16.9. The third-order valence-electron chi connectivity index (χ3n) is 3.40. The van der Waals surface area contributed by atoms with Crippen LogP contribution in [0.15, 0.2) is 51.1 Å². The van der Waals surface area contributed by atoms with E-state index in [0.29, 0.717) is 12.4 Å². The quantitative estimate of drug-likeness (QED) is 0.505. The van der Waals surface area contributed by atoms with Gasteiger partial charge in [0.1, 0.15) is 23.9 Å². The zero-order valence-electron chi connectivity index (χ0n) is 13.8. The Morgan fingerprint density at radius 3 is 2.83 bits per heavy atom. The maximum Gasteiger partial charge on any atom is 0.211 e. The van der Waals surface area contributed by atoms with E-state index in [4.69, 9.17) is 9.15 Å². The van der Waals surface area contributed by atoms with Crippen LogP contribution >= 0.6 is 11.8 Å². The molecule has 0 fully saturated rings. The molecule has 7 heteroatoms. The maximum atomic E-state index is 5.78.